The van der Waals surface area contributed by atoms with Gasteiger partial charge in [0.2, 0.25) is 5.91 Å². The minimum atomic E-state index is -0.746. The van der Waals surface area contributed by atoms with Crippen LogP contribution < -0.4 is 10.9 Å². The van der Waals surface area contributed by atoms with Crippen LogP contribution in [0.2, 0.25) is 5.02 Å². The highest BCUT2D eigenvalue weighted by molar-refractivity contribution is 9.10. The summed E-state index contributed by atoms with van der Waals surface area (Å²) in [5.41, 5.74) is 0.831. The summed E-state index contributed by atoms with van der Waals surface area (Å²) in [4.78, 5) is 30.1. The number of hydrogen-bond donors (Lipinski definition) is 2. The number of hydrogen-bond acceptors (Lipinski definition) is 5. The van der Waals surface area contributed by atoms with E-state index in [9.17, 15) is 14.7 Å². The first kappa shape index (κ1) is 21.8. The number of carbonyl (C=O) groups is 1. The van der Waals surface area contributed by atoms with Crippen molar-refractivity contribution in [2.75, 3.05) is 5.32 Å². The topological polar surface area (TPSA) is 84.2 Å². The second kappa shape index (κ2) is 9.30. The van der Waals surface area contributed by atoms with Gasteiger partial charge in [-0.3, -0.25) is 14.2 Å². The van der Waals surface area contributed by atoms with Gasteiger partial charge in [-0.15, -0.1) is 0 Å². The van der Waals surface area contributed by atoms with Crippen LogP contribution in [0, 0.1) is 0 Å². The number of halogens is 2. The van der Waals surface area contributed by atoms with Crippen molar-refractivity contribution in [1.29, 1.82) is 0 Å². The van der Waals surface area contributed by atoms with Crippen molar-refractivity contribution in [3.8, 4) is 0 Å². The van der Waals surface area contributed by atoms with Gasteiger partial charge in [0.15, 0.2) is 5.16 Å². The third kappa shape index (κ3) is 5.39. The molecule has 2 N–H and O–H groups in total. The number of anilines is 1. The smallest absolute Gasteiger partial charge is 0.262 e. The molecule has 6 nitrogen and oxygen atoms in total. The van der Waals surface area contributed by atoms with Crippen LogP contribution >= 0.6 is 39.3 Å². The van der Waals surface area contributed by atoms with Crippen molar-refractivity contribution in [2.24, 2.45) is 0 Å². The second-order valence-corrected chi connectivity index (χ2v) is 9.24. The van der Waals surface area contributed by atoms with Gasteiger partial charge < -0.3 is 10.4 Å². The van der Waals surface area contributed by atoms with Gasteiger partial charge in [-0.05, 0) is 50.2 Å². The van der Waals surface area contributed by atoms with Crippen molar-refractivity contribution in [2.45, 2.75) is 36.9 Å². The van der Waals surface area contributed by atoms with E-state index < -0.39 is 11.4 Å². The molecule has 2 atom stereocenters. The van der Waals surface area contributed by atoms with Gasteiger partial charge in [-0.2, -0.15) is 0 Å². The van der Waals surface area contributed by atoms with E-state index in [1.54, 1.807) is 44.2 Å². The minimum Gasteiger partial charge on any atom is -0.392 e. The summed E-state index contributed by atoms with van der Waals surface area (Å²) in [5.74, 6) is -0.225. The van der Waals surface area contributed by atoms with E-state index in [-0.39, 0.29) is 18.0 Å². The monoisotopic (exact) mass is 495 g/mol. The van der Waals surface area contributed by atoms with Crippen LogP contribution in [0.25, 0.3) is 10.9 Å². The quantitative estimate of drug-likeness (QED) is 0.392. The maximum atomic E-state index is 12.9. The molecule has 1 amide bonds. The Morgan fingerprint density at radius 2 is 2.07 bits per heavy atom. The van der Waals surface area contributed by atoms with Gasteiger partial charge in [-0.1, -0.05) is 45.4 Å². The van der Waals surface area contributed by atoms with Crippen LogP contribution in [0.15, 0.2) is 56.9 Å². The van der Waals surface area contributed by atoms with Gasteiger partial charge in [-0.25, -0.2) is 4.98 Å². The highest BCUT2D eigenvalue weighted by atomic mass is 79.9. The maximum Gasteiger partial charge on any atom is 0.262 e. The highest BCUT2D eigenvalue weighted by Crippen LogP contribution is 2.25. The summed E-state index contributed by atoms with van der Waals surface area (Å²) in [7, 11) is 0. The zero-order valence-corrected chi connectivity index (χ0v) is 18.9. The fourth-order valence-electron chi connectivity index (χ4n) is 2.71. The number of aromatic nitrogens is 2. The van der Waals surface area contributed by atoms with Crippen LogP contribution in [0.5, 0.6) is 0 Å². The molecule has 152 valence electrons. The average Bonchev–Trinajstić information content (AvgIpc) is 2.64. The summed E-state index contributed by atoms with van der Waals surface area (Å²) in [6.07, 6.45) is -0.746. The lowest BCUT2D eigenvalue weighted by molar-refractivity contribution is -0.115. The summed E-state index contributed by atoms with van der Waals surface area (Å²) >= 11 is 10.6. The Morgan fingerprint density at radius 3 is 2.76 bits per heavy atom. The van der Waals surface area contributed by atoms with Gasteiger partial charge in [0.25, 0.3) is 5.56 Å². The molecular weight excluding hydrogens is 478 g/mol. The number of rotatable bonds is 6. The summed E-state index contributed by atoms with van der Waals surface area (Å²) in [5, 5.41) is 13.4. The first-order valence-corrected chi connectivity index (χ1v) is 10.9. The van der Waals surface area contributed by atoms with E-state index in [0.717, 1.165) is 16.2 Å². The normalized spacial score (nSPS) is 13.3. The van der Waals surface area contributed by atoms with Crippen LogP contribution in [-0.2, 0) is 11.3 Å². The van der Waals surface area contributed by atoms with Crippen molar-refractivity contribution < 1.29 is 9.90 Å². The summed E-state index contributed by atoms with van der Waals surface area (Å²) < 4.78 is 2.25. The van der Waals surface area contributed by atoms with Crippen LogP contribution in [-0.4, -0.2) is 31.9 Å². The summed E-state index contributed by atoms with van der Waals surface area (Å²) in [6, 6.07) is 12.1. The number of carbonyl (C=O) groups excluding carboxylic acids is 1. The lowest BCUT2D eigenvalue weighted by atomic mass is 10.2. The fourth-order valence-corrected chi connectivity index (χ4v) is 4.19. The number of thioether (sulfide) groups is 1. The Hall–Kier alpha value is -1.87. The van der Waals surface area contributed by atoms with Crippen molar-refractivity contribution in [3.05, 3.63) is 62.3 Å². The molecule has 2 unspecified atom stereocenters. The molecule has 0 radical (unpaired) electrons. The molecule has 3 aromatic rings. The van der Waals surface area contributed by atoms with Crippen molar-refractivity contribution in [3.63, 3.8) is 0 Å². The van der Waals surface area contributed by atoms with Gasteiger partial charge in [0.1, 0.15) is 0 Å². The molecular formula is C20H19BrClN3O3S. The molecule has 0 bridgehead atoms. The first-order chi connectivity index (χ1) is 13.7. The van der Waals surface area contributed by atoms with E-state index in [2.05, 4.69) is 26.2 Å². The number of aliphatic hydroxyl groups is 1. The first-order valence-electron chi connectivity index (χ1n) is 8.86. The van der Waals surface area contributed by atoms with E-state index in [4.69, 9.17) is 11.6 Å². The number of aliphatic hydroxyl groups excluding tert-OH is 1. The number of nitrogens with one attached hydrogen (secondary N) is 1. The largest absolute Gasteiger partial charge is 0.392 e. The Kier molecular flexibility index (Phi) is 7.00. The van der Waals surface area contributed by atoms with Gasteiger partial charge in [0.05, 0.1) is 28.8 Å². The lowest BCUT2D eigenvalue weighted by Crippen LogP contribution is -2.29. The maximum absolute atomic E-state index is 12.9. The molecule has 29 heavy (non-hydrogen) atoms. The molecule has 1 aromatic heterocycles. The number of fused-ring (bicyclic) bond motifs is 1. The van der Waals surface area contributed by atoms with Crippen LogP contribution in [0.1, 0.15) is 13.8 Å². The molecule has 2 aromatic carbocycles. The highest BCUT2D eigenvalue weighted by Gasteiger charge is 2.20. The van der Waals surface area contributed by atoms with E-state index >= 15 is 0 Å². The Labute approximate surface area is 185 Å². The molecule has 0 saturated carbocycles. The van der Waals surface area contributed by atoms with Gasteiger partial charge in [0, 0.05) is 15.2 Å². The standard InChI is InChI=1S/C20H19BrClN3O3S/c1-11(26)10-25-19(28)16-7-6-14(22)9-17(16)24-20(25)29-12(2)18(27)23-15-5-3-4-13(21)8-15/h3-9,11-12,26H,10H2,1-2H3,(H,23,27). The van der Waals surface area contributed by atoms with Crippen molar-refractivity contribution >= 4 is 61.8 Å². The fraction of sp³-hybridized carbons (Fsp3) is 0.250. The average molecular weight is 497 g/mol. The third-order valence-corrected chi connectivity index (χ3v) is 5.89. The Morgan fingerprint density at radius 1 is 1.31 bits per heavy atom. The molecule has 0 spiro atoms. The number of nitrogens with zero attached hydrogens (tertiary/aromatic N) is 2. The number of amides is 1. The molecule has 3 rings (SSSR count). The van der Waals surface area contributed by atoms with E-state index in [1.165, 1.54) is 4.57 Å². The van der Waals surface area contributed by atoms with Crippen LogP contribution in [0.4, 0.5) is 5.69 Å². The molecule has 0 aliphatic carbocycles. The predicted molar refractivity (Wildman–Crippen MR) is 121 cm³/mol. The second-order valence-electron chi connectivity index (χ2n) is 6.58. The SMILES string of the molecule is CC(O)Cn1c(SC(C)C(=O)Nc2cccc(Br)c2)nc2cc(Cl)ccc2c1=O. The number of benzene rings is 2. The van der Waals surface area contributed by atoms with E-state index in [1.807, 2.05) is 12.1 Å². The molecule has 0 aliphatic rings. The molecule has 0 saturated heterocycles. The van der Waals surface area contributed by atoms with Gasteiger partial charge >= 0.3 is 0 Å². The van der Waals surface area contributed by atoms with E-state index in [0.29, 0.717) is 26.8 Å². The molecule has 9 heteroatoms. The predicted octanol–water partition coefficient (Wildman–Crippen LogP) is 4.31. The molecule has 0 fully saturated rings. The molecule has 1 heterocycles. The Balaban J connectivity index is 1.92. The zero-order chi connectivity index (χ0) is 21.1. The van der Waals surface area contributed by atoms with Crippen LogP contribution in [0.3, 0.4) is 0 Å². The minimum absolute atomic E-state index is 0.0761. The molecule has 0 aliphatic heterocycles. The van der Waals surface area contributed by atoms with Crippen molar-refractivity contribution in [1.82, 2.24) is 9.55 Å². The third-order valence-electron chi connectivity index (χ3n) is 4.07. The Bertz CT molecular complexity index is 1120. The zero-order valence-electron chi connectivity index (χ0n) is 15.7. The lowest BCUT2D eigenvalue weighted by Gasteiger charge is -2.17. The summed E-state index contributed by atoms with van der Waals surface area (Å²) in [6.45, 7) is 3.40.